The lowest BCUT2D eigenvalue weighted by molar-refractivity contribution is 0.104. The molecular formula is C21H21N5OS. The average Bonchev–Trinajstić information content (AvgIpc) is 3.42. The van der Waals surface area contributed by atoms with Gasteiger partial charge in [0.05, 0.1) is 28.8 Å². The molecule has 0 spiro atoms. The minimum atomic E-state index is -0.196. The second kappa shape index (κ2) is 7.49. The van der Waals surface area contributed by atoms with Crippen LogP contribution >= 0.6 is 11.3 Å². The van der Waals surface area contributed by atoms with Gasteiger partial charge in [-0.2, -0.15) is 10.4 Å². The van der Waals surface area contributed by atoms with Gasteiger partial charge in [-0.3, -0.25) is 4.79 Å². The zero-order chi connectivity index (χ0) is 19.7. The molecule has 0 atom stereocenters. The molecule has 0 radical (unpaired) electrons. The van der Waals surface area contributed by atoms with Crippen molar-refractivity contribution >= 4 is 27.8 Å². The zero-order valence-corrected chi connectivity index (χ0v) is 16.4. The largest absolute Gasteiger partial charge is 0.396 e. The Hall–Kier alpha value is -3.11. The Bertz CT molecular complexity index is 1050. The van der Waals surface area contributed by atoms with Gasteiger partial charge in [-0.1, -0.05) is 31.0 Å². The molecule has 28 heavy (non-hydrogen) atoms. The molecule has 1 aromatic carbocycles. The number of aromatic nitrogens is 2. The molecule has 0 amide bonds. The minimum absolute atomic E-state index is 0.196. The van der Waals surface area contributed by atoms with E-state index in [9.17, 15) is 10.1 Å². The Morgan fingerprint density at radius 1 is 1.32 bits per heavy atom. The number of hydrogen-bond acceptors (Lipinski definition) is 6. The highest BCUT2D eigenvalue weighted by atomic mass is 32.1. The van der Waals surface area contributed by atoms with Crippen LogP contribution in [0.15, 0.2) is 36.5 Å². The summed E-state index contributed by atoms with van der Waals surface area (Å²) in [6.45, 7) is 1.86. The van der Waals surface area contributed by atoms with Gasteiger partial charge in [-0.25, -0.2) is 4.68 Å². The first kappa shape index (κ1) is 18.3. The molecule has 2 aromatic heterocycles. The molecule has 1 aliphatic carbocycles. The molecule has 0 bridgehead atoms. The fourth-order valence-electron chi connectivity index (χ4n) is 3.67. The lowest BCUT2D eigenvalue weighted by Gasteiger charge is -2.11. The van der Waals surface area contributed by atoms with E-state index in [1.54, 1.807) is 10.9 Å². The quantitative estimate of drug-likeness (QED) is 0.633. The molecule has 1 fully saturated rings. The molecule has 142 valence electrons. The SMILES string of the molecule is Cc1c(C(=O)c2sc(NC3CCCC3)c(C#N)c2N)cnn1-c1ccccc1. The molecule has 1 saturated carbocycles. The molecule has 3 N–H and O–H groups in total. The van der Waals surface area contributed by atoms with Crippen molar-refractivity contribution in [1.29, 1.82) is 5.26 Å². The van der Waals surface area contributed by atoms with Crippen molar-refractivity contribution in [3.63, 3.8) is 0 Å². The van der Waals surface area contributed by atoms with E-state index in [2.05, 4.69) is 16.5 Å². The monoisotopic (exact) mass is 391 g/mol. The van der Waals surface area contributed by atoms with E-state index < -0.39 is 0 Å². The number of nitrogen functional groups attached to an aromatic ring is 1. The van der Waals surface area contributed by atoms with Crippen LogP contribution in [0.25, 0.3) is 5.69 Å². The van der Waals surface area contributed by atoms with Gasteiger partial charge < -0.3 is 11.1 Å². The Labute approximate surface area is 167 Å². The zero-order valence-electron chi connectivity index (χ0n) is 15.6. The van der Waals surface area contributed by atoms with Crippen molar-refractivity contribution in [2.75, 3.05) is 11.1 Å². The average molecular weight is 392 g/mol. The summed E-state index contributed by atoms with van der Waals surface area (Å²) in [6, 6.07) is 12.2. The van der Waals surface area contributed by atoms with E-state index in [0.29, 0.717) is 27.0 Å². The first-order valence-corrected chi connectivity index (χ1v) is 10.2. The third-order valence-electron chi connectivity index (χ3n) is 5.21. The fraction of sp³-hybridized carbons (Fsp3) is 0.286. The van der Waals surface area contributed by atoms with Gasteiger partial charge in [-0.15, -0.1) is 11.3 Å². The number of nitrogens with zero attached hydrogens (tertiary/aromatic N) is 3. The standard InChI is InChI=1S/C21H21N5OS/c1-13-17(12-24-26(13)15-9-3-2-4-10-15)19(27)20-18(23)16(11-22)21(28-20)25-14-7-5-6-8-14/h2-4,9-10,12,14,25H,5-8,23H2,1H3. The summed E-state index contributed by atoms with van der Waals surface area (Å²) in [7, 11) is 0. The maximum atomic E-state index is 13.2. The third kappa shape index (κ3) is 3.16. The van der Waals surface area contributed by atoms with Gasteiger partial charge in [0.15, 0.2) is 0 Å². The number of nitrogens with one attached hydrogen (secondary N) is 1. The number of hydrogen-bond donors (Lipinski definition) is 2. The topological polar surface area (TPSA) is 96.7 Å². The molecule has 6 nitrogen and oxygen atoms in total. The predicted octanol–water partition coefficient (Wildman–Crippen LogP) is 4.28. The lowest BCUT2D eigenvalue weighted by Crippen LogP contribution is -2.14. The number of carbonyl (C=O) groups excluding carboxylic acids is 1. The normalized spacial score (nSPS) is 14.1. The fourth-order valence-corrected chi connectivity index (χ4v) is 4.77. The van der Waals surface area contributed by atoms with E-state index >= 15 is 0 Å². The van der Waals surface area contributed by atoms with Gasteiger partial charge in [0, 0.05) is 6.04 Å². The van der Waals surface area contributed by atoms with Crippen molar-refractivity contribution in [2.24, 2.45) is 0 Å². The van der Waals surface area contributed by atoms with E-state index in [1.807, 2.05) is 37.3 Å². The Morgan fingerprint density at radius 3 is 2.71 bits per heavy atom. The number of benzene rings is 1. The number of nitriles is 1. The number of ketones is 1. The van der Waals surface area contributed by atoms with E-state index in [0.717, 1.165) is 24.2 Å². The molecule has 7 heteroatoms. The summed E-state index contributed by atoms with van der Waals surface area (Å²) in [5.41, 5.74) is 8.94. The lowest BCUT2D eigenvalue weighted by atomic mass is 10.1. The summed E-state index contributed by atoms with van der Waals surface area (Å²) in [4.78, 5) is 13.6. The smallest absolute Gasteiger partial charge is 0.208 e. The number of thiophene rings is 1. The first-order chi connectivity index (χ1) is 13.6. The van der Waals surface area contributed by atoms with Gasteiger partial charge in [0.2, 0.25) is 5.78 Å². The van der Waals surface area contributed by atoms with Gasteiger partial charge >= 0.3 is 0 Å². The van der Waals surface area contributed by atoms with E-state index in [4.69, 9.17) is 5.73 Å². The highest BCUT2D eigenvalue weighted by Crippen LogP contribution is 2.38. The van der Waals surface area contributed by atoms with Crippen molar-refractivity contribution in [1.82, 2.24) is 9.78 Å². The molecule has 0 saturated heterocycles. The number of nitrogens with two attached hydrogens (primary N) is 1. The number of para-hydroxylation sites is 1. The van der Waals surface area contributed by atoms with Crippen LogP contribution < -0.4 is 11.1 Å². The maximum Gasteiger partial charge on any atom is 0.208 e. The number of carbonyl (C=O) groups is 1. The molecule has 0 unspecified atom stereocenters. The summed E-state index contributed by atoms with van der Waals surface area (Å²) in [5, 5.41) is 18.0. The number of anilines is 2. The Morgan fingerprint density at radius 2 is 2.04 bits per heavy atom. The maximum absolute atomic E-state index is 13.2. The molecule has 0 aliphatic heterocycles. The highest BCUT2D eigenvalue weighted by Gasteiger charge is 2.26. The summed E-state index contributed by atoms with van der Waals surface area (Å²) >= 11 is 1.27. The van der Waals surface area contributed by atoms with Gasteiger partial charge in [-0.05, 0) is 31.9 Å². The first-order valence-electron chi connectivity index (χ1n) is 9.33. The van der Waals surface area contributed by atoms with Gasteiger partial charge in [0.25, 0.3) is 0 Å². The molecule has 2 heterocycles. The summed E-state index contributed by atoms with van der Waals surface area (Å²) in [6.07, 6.45) is 6.10. The Kier molecular flexibility index (Phi) is 4.88. The van der Waals surface area contributed by atoms with E-state index in [-0.39, 0.29) is 11.5 Å². The molecular weight excluding hydrogens is 370 g/mol. The molecule has 3 aromatic rings. The van der Waals surface area contributed by atoms with Crippen molar-refractivity contribution in [3.05, 3.63) is 58.2 Å². The van der Waals surface area contributed by atoms with Crippen LogP contribution in [0.2, 0.25) is 0 Å². The van der Waals surface area contributed by atoms with Crippen molar-refractivity contribution < 1.29 is 4.79 Å². The molecule has 4 rings (SSSR count). The van der Waals surface area contributed by atoms with Crippen LogP contribution in [0.4, 0.5) is 10.7 Å². The van der Waals surface area contributed by atoms with Crippen molar-refractivity contribution in [2.45, 2.75) is 38.6 Å². The third-order valence-corrected chi connectivity index (χ3v) is 6.34. The predicted molar refractivity (Wildman–Crippen MR) is 111 cm³/mol. The second-order valence-electron chi connectivity index (χ2n) is 7.01. The van der Waals surface area contributed by atoms with Gasteiger partial charge in [0.1, 0.15) is 21.5 Å². The second-order valence-corrected chi connectivity index (χ2v) is 8.03. The van der Waals surface area contributed by atoms with Crippen LogP contribution in [-0.4, -0.2) is 21.6 Å². The van der Waals surface area contributed by atoms with Crippen LogP contribution in [0.3, 0.4) is 0 Å². The van der Waals surface area contributed by atoms with Crippen molar-refractivity contribution in [3.8, 4) is 11.8 Å². The summed E-state index contributed by atoms with van der Waals surface area (Å²) < 4.78 is 1.74. The van der Waals surface area contributed by atoms with Crippen LogP contribution in [0, 0.1) is 18.3 Å². The Balaban J connectivity index is 1.68. The van der Waals surface area contributed by atoms with Crippen LogP contribution in [0.1, 0.15) is 52.2 Å². The van der Waals surface area contributed by atoms with E-state index in [1.165, 1.54) is 24.2 Å². The summed E-state index contributed by atoms with van der Waals surface area (Å²) in [5.74, 6) is -0.196. The number of rotatable bonds is 5. The van der Waals surface area contributed by atoms with Crippen LogP contribution in [-0.2, 0) is 0 Å². The van der Waals surface area contributed by atoms with Crippen LogP contribution in [0.5, 0.6) is 0 Å². The minimum Gasteiger partial charge on any atom is -0.396 e. The molecule has 1 aliphatic rings. The highest BCUT2D eigenvalue weighted by molar-refractivity contribution is 7.19.